The Labute approximate surface area is 163 Å². The zero-order chi connectivity index (χ0) is 19.7. The average Bonchev–Trinajstić information content (AvgIpc) is 3.38. The van der Waals surface area contributed by atoms with E-state index in [0.717, 1.165) is 23.4 Å². The van der Waals surface area contributed by atoms with E-state index in [9.17, 15) is 9.90 Å². The first-order chi connectivity index (χ1) is 13.5. The minimum absolute atomic E-state index is 0.0899. The number of rotatable bonds is 5. The van der Waals surface area contributed by atoms with E-state index in [4.69, 9.17) is 4.74 Å². The molecule has 146 valence electrons. The van der Waals surface area contributed by atoms with Gasteiger partial charge in [0.25, 0.3) is 5.91 Å². The molecule has 0 aliphatic carbocycles. The van der Waals surface area contributed by atoms with Gasteiger partial charge in [-0.3, -0.25) is 4.79 Å². The first kappa shape index (κ1) is 18.3. The summed E-state index contributed by atoms with van der Waals surface area (Å²) < 4.78 is 7.62. The minimum atomic E-state index is -0.914. The van der Waals surface area contributed by atoms with Crippen molar-refractivity contribution in [1.29, 1.82) is 0 Å². The average molecular weight is 380 g/mol. The molecule has 0 saturated heterocycles. The minimum Gasteiger partial charge on any atom is -0.490 e. The number of carbonyl (C=O) groups excluding carboxylic acids is 1. The third kappa shape index (κ3) is 3.94. The largest absolute Gasteiger partial charge is 0.490 e. The van der Waals surface area contributed by atoms with Crippen molar-refractivity contribution in [3.8, 4) is 5.75 Å². The van der Waals surface area contributed by atoms with Crippen LogP contribution in [0.5, 0.6) is 5.75 Å². The lowest BCUT2D eigenvalue weighted by Gasteiger charge is -2.14. The van der Waals surface area contributed by atoms with Crippen LogP contribution < -0.4 is 15.4 Å². The second-order valence-electron chi connectivity index (χ2n) is 7.24. The first-order valence-corrected chi connectivity index (χ1v) is 9.40. The number of aliphatic hydroxyl groups is 1. The third-order valence-corrected chi connectivity index (χ3v) is 4.83. The van der Waals surface area contributed by atoms with Crippen molar-refractivity contribution in [2.24, 2.45) is 12.0 Å². The Bertz CT molecular complexity index is 960. The topological polar surface area (TPSA) is 87.9 Å². The fourth-order valence-electron chi connectivity index (χ4n) is 3.44. The van der Waals surface area contributed by atoms with Gasteiger partial charge in [-0.15, -0.1) is 0 Å². The molecule has 0 bridgehead atoms. The van der Waals surface area contributed by atoms with Gasteiger partial charge in [-0.25, -0.2) is 4.99 Å². The zero-order valence-corrected chi connectivity index (χ0v) is 16.0. The van der Waals surface area contributed by atoms with Gasteiger partial charge in [0, 0.05) is 37.8 Å². The Hall–Kier alpha value is -3.06. The van der Waals surface area contributed by atoms with Crippen molar-refractivity contribution >= 4 is 17.4 Å². The van der Waals surface area contributed by atoms with Crippen LogP contribution in [-0.2, 0) is 13.5 Å². The summed E-state index contributed by atoms with van der Waals surface area (Å²) in [6.45, 7) is 2.15. The van der Waals surface area contributed by atoms with Crippen molar-refractivity contribution in [3.63, 3.8) is 0 Å². The van der Waals surface area contributed by atoms with Gasteiger partial charge in [-0.05, 0) is 24.6 Å². The maximum atomic E-state index is 12.0. The predicted octanol–water partition coefficient (Wildman–Crippen LogP) is 1.83. The van der Waals surface area contributed by atoms with E-state index in [2.05, 4.69) is 34.7 Å². The van der Waals surface area contributed by atoms with Gasteiger partial charge >= 0.3 is 0 Å². The van der Waals surface area contributed by atoms with E-state index >= 15 is 0 Å². The number of amides is 1. The molecule has 3 heterocycles. The summed E-state index contributed by atoms with van der Waals surface area (Å²) in [6, 6.07) is 7.89. The lowest BCUT2D eigenvalue weighted by molar-refractivity contribution is 0.0906. The Morgan fingerprint density at radius 1 is 1.43 bits per heavy atom. The van der Waals surface area contributed by atoms with E-state index in [1.54, 1.807) is 23.0 Å². The van der Waals surface area contributed by atoms with E-state index in [0.29, 0.717) is 17.8 Å². The summed E-state index contributed by atoms with van der Waals surface area (Å²) in [7, 11) is 1.85. The molecule has 1 aromatic carbocycles. The normalized spacial score (nSPS) is 18.8. The molecule has 1 aromatic heterocycles. The molecule has 2 aromatic rings. The molecule has 2 aliphatic heterocycles. The summed E-state index contributed by atoms with van der Waals surface area (Å²) in [5.41, 5.74) is 3.64. The van der Waals surface area contributed by atoms with Crippen LogP contribution in [0.4, 0.5) is 0 Å². The number of aliphatic hydroxyl groups excluding tert-OH is 1. The highest BCUT2D eigenvalue weighted by molar-refractivity contribution is 5.95. The van der Waals surface area contributed by atoms with Crippen molar-refractivity contribution in [2.45, 2.75) is 32.1 Å². The van der Waals surface area contributed by atoms with E-state index < -0.39 is 6.23 Å². The quantitative estimate of drug-likeness (QED) is 0.691. The number of benzene rings is 1. The monoisotopic (exact) mass is 380 g/mol. The van der Waals surface area contributed by atoms with Crippen molar-refractivity contribution in [3.05, 3.63) is 59.4 Å². The molecule has 1 amide bonds. The highest BCUT2D eigenvalue weighted by Crippen LogP contribution is 2.33. The van der Waals surface area contributed by atoms with Crippen LogP contribution in [0.2, 0.25) is 0 Å². The van der Waals surface area contributed by atoms with Gasteiger partial charge in [0.05, 0.1) is 17.8 Å². The number of aliphatic imine (C=N–C) groups is 1. The van der Waals surface area contributed by atoms with Crippen LogP contribution in [0, 0.1) is 0 Å². The number of nitrogens with one attached hydrogen (secondary N) is 2. The Kier molecular flexibility index (Phi) is 4.92. The molecule has 4 rings (SSSR count). The predicted molar refractivity (Wildman–Crippen MR) is 107 cm³/mol. The molecule has 0 fully saturated rings. The molecule has 3 N–H and O–H groups in total. The van der Waals surface area contributed by atoms with Crippen LogP contribution in [0.25, 0.3) is 5.70 Å². The molecule has 0 spiro atoms. The number of aromatic nitrogens is 1. The van der Waals surface area contributed by atoms with Gasteiger partial charge in [0.2, 0.25) is 0 Å². The summed E-state index contributed by atoms with van der Waals surface area (Å²) in [6.07, 6.45) is 6.38. The molecular weight excluding hydrogens is 356 g/mol. The molecule has 0 saturated carbocycles. The maximum Gasteiger partial charge on any atom is 0.252 e. The van der Waals surface area contributed by atoms with Gasteiger partial charge in [-0.1, -0.05) is 18.2 Å². The van der Waals surface area contributed by atoms with Gasteiger partial charge in [-0.2, -0.15) is 0 Å². The van der Waals surface area contributed by atoms with Crippen LogP contribution in [0.1, 0.15) is 34.8 Å². The highest BCUT2D eigenvalue weighted by atomic mass is 16.5. The standard InChI is InChI=1S/C21H24N4O3/c1-13-9-15-4-3-14(10-18(15)28-13)17-5-6-19(23-17)24-20(26)11-22-21(27)16-7-8-25(2)12-16/h3-5,7-8,10,12-13,20,26H,6,9,11H2,1-2H3,(H,22,27)(H,23,24)/t13-,20?/m1/s1. The number of aryl methyl sites for hydroxylation is 1. The maximum absolute atomic E-state index is 12.0. The smallest absolute Gasteiger partial charge is 0.252 e. The molecule has 7 heteroatoms. The molecular formula is C21H24N4O3. The molecule has 0 radical (unpaired) electrons. The Morgan fingerprint density at radius 3 is 3.07 bits per heavy atom. The summed E-state index contributed by atoms with van der Waals surface area (Å²) in [4.78, 5) is 16.6. The summed E-state index contributed by atoms with van der Waals surface area (Å²) in [5, 5.41) is 15.8. The lowest BCUT2D eigenvalue weighted by Crippen LogP contribution is -2.43. The van der Waals surface area contributed by atoms with Crippen LogP contribution in [0.15, 0.2) is 47.7 Å². The van der Waals surface area contributed by atoms with Gasteiger partial charge in [0.15, 0.2) is 0 Å². The molecule has 28 heavy (non-hydrogen) atoms. The van der Waals surface area contributed by atoms with E-state index in [1.807, 2.05) is 19.2 Å². The zero-order valence-electron chi connectivity index (χ0n) is 16.0. The number of carbonyl (C=O) groups is 1. The third-order valence-electron chi connectivity index (χ3n) is 4.83. The van der Waals surface area contributed by atoms with E-state index in [-0.39, 0.29) is 18.6 Å². The van der Waals surface area contributed by atoms with Crippen LogP contribution in [0.3, 0.4) is 0 Å². The molecule has 7 nitrogen and oxygen atoms in total. The number of hydrogen-bond acceptors (Lipinski definition) is 5. The molecule has 2 aliphatic rings. The molecule has 1 unspecified atom stereocenters. The van der Waals surface area contributed by atoms with Crippen LogP contribution >= 0.6 is 0 Å². The Balaban J connectivity index is 1.31. The SMILES string of the molecule is C[C@@H]1Cc2ccc(C3=CCC(NC(O)CNC(=O)c4ccn(C)c4)=N3)cc2O1. The van der Waals surface area contributed by atoms with E-state index in [1.165, 1.54) is 5.56 Å². The lowest BCUT2D eigenvalue weighted by atomic mass is 10.1. The van der Waals surface area contributed by atoms with Gasteiger partial charge in [0.1, 0.15) is 23.9 Å². The summed E-state index contributed by atoms with van der Waals surface area (Å²) in [5.74, 6) is 1.37. The summed E-state index contributed by atoms with van der Waals surface area (Å²) >= 11 is 0. The number of ether oxygens (including phenoxy) is 1. The fraction of sp³-hybridized carbons (Fsp3) is 0.333. The number of nitrogens with zero attached hydrogens (tertiary/aromatic N) is 2. The highest BCUT2D eigenvalue weighted by Gasteiger charge is 2.21. The number of hydrogen-bond donors (Lipinski definition) is 3. The fourth-order valence-corrected chi connectivity index (χ4v) is 3.44. The van der Waals surface area contributed by atoms with Crippen molar-refractivity contribution in [2.75, 3.05) is 6.54 Å². The van der Waals surface area contributed by atoms with Crippen molar-refractivity contribution < 1.29 is 14.6 Å². The number of amidine groups is 1. The molecule has 2 atom stereocenters. The number of fused-ring (bicyclic) bond motifs is 1. The second-order valence-corrected chi connectivity index (χ2v) is 7.24. The van der Waals surface area contributed by atoms with Crippen molar-refractivity contribution in [1.82, 2.24) is 15.2 Å². The van der Waals surface area contributed by atoms with Crippen LogP contribution in [-0.4, -0.2) is 40.3 Å². The second kappa shape index (κ2) is 7.52. The Morgan fingerprint density at radius 2 is 2.29 bits per heavy atom. The van der Waals surface area contributed by atoms with Gasteiger partial charge < -0.3 is 25.0 Å². The first-order valence-electron chi connectivity index (χ1n) is 9.40.